The number of hydrogen-bond donors (Lipinski definition) is 0. The largest absolute Gasteiger partial charge is 0.207 e. The van der Waals surface area contributed by atoms with Gasteiger partial charge in [-0.2, -0.15) is 0 Å². The van der Waals surface area contributed by atoms with Crippen LogP contribution in [0.1, 0.15) is 61.6 Å². The van der Waals surface area contributed by atoms with Crippen molar-refractivity contribution in [3.8, 4) is 11.8 Å². The van der Waals surface area contributed by atoms with Crippen molar-refractivity contribution in [1.82, 2.24) is 0 Å². The highest BCUT2D eigenvalue weighted by Gasteiger charge is 2.28. The maximum absolute atomic E-state index is 14.7. The van der Waals surface area contributed by atoms with Gasteiger partial charge in [-0.1, -0.05) is 31.3 Å². The third-order valence-electron chi connectivity index (χ3n) is 6.34. The van der Waals surface area contributed by atoms with Crippen molar-refractivity contribution in [2.24, 2.45) is 5.92 Å². The standard InChI is InChI=1S/C26H20F6/c1-2-14-3-7-16(8-4-14)22-20(27)12-17(23(29)26(22)32)9-5-15-6-10-19-18(11-15)13-21(28)25(31)24(19)30/h6,10-14,16H,2-4,7-8H2,1H3. The number of halogens is 6. The zero-order valence-corrected chi connectivity index (χ0v) is 17.3. The molecule has 0 aliphatic heterocycles. The monoisotopic (exact) mass is 446 g/mol. The Labute approximate surface area is 182 Å². The van der Waals surface area contributed by atoms with E-state index in [0.29, 0.717) is 18.8 Å². The topological polar surface area (TPSA) is 0 Å². The van der Waals surface area contributed by atoms with E-state index in [1.54, 1.807) is 0 Å². The maximum Gasteiger partial charge on any atom is 0.195 e. The Bertz CT molecular complexity index is 1240. The summed E-state index contributed by atoms with van der Waals surface area (Å²) in [5, 5.41) is -0.0797. The van der Waals surface area contributed by atoms with Crippen LogP contribution < -0.4 is 0 Å². The van der Waals surface area contributed by atoms with Gasteiger partial charge in [0.25, 0.3) is 0 Å². The molecule has 1 saturated carbocycles. The van der Waals surface area contributed by atoms with Crippen LogP contribution in [-0.2, 0) is 0 Å². The summed E-state index contributed by atoms with van der Waals surface area (Å²) in [5.74, 6) is -2.38. The van der Waals surface area contributed by atoms with Gasteiger partial charge in [-0.3, -0.25) is 0 Å². The fourth-order valence-electron chi connectivity index (χ4n) is 4.46. The first kappa shape index (κ1) is 22.3. The van der Waals surface area contributed by atoms with E-state index in [0.717, 1.165) is 31.4 Å². The number of rotatable bonds is 2. The average molecular weight is 446 g/mol. The molecule has 0 saturated heterocycles. The second-order valence-electron chi connectivity index (χ2n) is 8.25. The van der Waals surface area contributed by atoms with E-state index in [4.69, 9.17) is 0 Å². The third kappa shape index (κ3) is 4.09. The molecule has 166 valence electrons. The molecule has 3 aromatic rings. The van der Waals surface area contributed by atoms with E-state index in [1.165, 1.54) is 18.2 Å². The molecule has 6 heteroatoms. The Morgan fingerprint density at radius 3 is 2.16 bits per heavy atom. The first-order valence-corrected chi connectivity index (χ1v) is 10.6. The van der Waals surface area contributed by atoms with Crippen LogP contribution in [0.3, 0.4) is 0 Å². The van der Waals surface area contributed by atoms with Gasteiger partial charge in [-0.05, 0) is 67.2 Å². The highest BCUT2D eigenvalue weighted by molar-refractivity contribution is 5.84. The lowest BCUT2D eigenvalue weighted by molar-refractivity contribution is 0.307. The summed E-state index contributed by atoms with van der Waals surface area (Å²) < 4.78 is 84.8. The SMILES string of the molecule is CCC1CCC(c2c(F)cc(C#Cc3ccc4c(F)c(F)c(F)cc4c3)c(F)c2F)CC1. The molecular weight excluding hydrogens is 426 g/mol. The van der Waals surface area contributed by atoms with Crippen LogP contribution in [0.25, 0.3) is 10.8 Å². The molecule has 0 N–H and O–H groups in total. The average Bonchev–Trinajstić information content (AvgIpc) is 2.79. The van der Waals surface area contributed by atoms with Gasteiger partial charge in [0.1, 0.15) is 5.82 Å². The van der Waals surface area contributed by atoms with E-state index < -0.39 is 40.5 Å². The second kappa shape index (κ2) is 8.90. The molecule has 32 heavy (non-hydrogen) atoms. The summed E-state index contributed by atoms with van der Waals surface area (Å²) in [6, 6.07) is 5.55. The van der Waals surface area contributed by atoms with Gasteiger partial charge in [0.2, 0.25) is 0 Å². The van der Waals surface area contributed by atoms with Crippen LogP contribution in [0.4, 0.5) is 26.3 Å². The first-order valence-electron chi connectivity index (χ1n) is 10.6. The van der Waals surface area contributed by atoms with E-state index in [2.05, 4.69) is 18.8 Å². The summed E-state index contributed by atoms with van der Waals surface area (Å²) >= 11 is 0. The minimum absolute atomic E-state index is 0.0593. The normalized spacial score (nSPS) is 18.5. The number of benzene rings is 3. The summed E-state index contributed by atoms with van der Waals surface area (Å²) in [6.45, 7) is 2.08. The summed E-state index contributed by atoms with van der Waals surface area (Å²) in [4.78, 5) is 0. The predicted octanol–water partition coefficient (Wildman–Crippen LogP) is 7.76. The third-order valence-corrected chi connectivity index (χ3v) is 6.34. The van der Waals surface area contributed by atoms with Crippen molar-refractivity contribution < 1.29 is 26.3 Å². The van der Waals surface area contributed by atoms with Gasteiger partial charge in [0.05, 0.1) is 5.56 Å². The predicted molar refractivity (Wildman–Crippen MR) is 111 cm³/mol. The molecule has 1 aliphatic carbocycles. The van der Waals surface area contributed by atoms with E-state index in [-0.39, 0.29) is 27.8 Å². The van der Waals surface area contributed by atoms with Crippen LogP contribution in [0.2, 0.25) is 0 Å². The molecule has 0 unspecified atom stereocenters. The summed E-state index contributed by atoms with van der Waals surface area (Å²) in [7, 11) is 0. The van der Waals surface area contributed by atoms with Gasteiger partial charge in [-0.15, -0.1) is 0 Å². The zero-order chi connectivity index (χ0) is 23.0. The van der Waals surface area contributed by atoms with Crippen molar-refractivity contribution in [1.29, 1.82) is 0 Å². The number of hydrogen-bond acceptors (Lipinski definition) is 0. The number of fused-ring (bicyclic) bond motifs is 1. The van der Waals surface area contributed by atoms with Crippen molar-refractivity contribution in [3.63, 3.8) is 0 Å². The fourth-order valence-corrected chi connectivity index (χ4v) is 4.46. The van der Waals surface area contributed by atoms with Gasteiger partial charge in [0.15, 0.2) is 29.1 Å². The first-order chi connectivity index (χ1) is 15.3. The van der Waals surface area contributed by atoms with Crippen LogP contribution in [0.5, 0.6) is 0 Å². The van der Waals surface area contributed by atoms with Crippen LogP contribution in [0, 0.1) is 52.7 Å². The van der Waals surface area contributed by atoms with Crippen molar-refractivity contribution >= 4 is 10.8 Å². The fraction of sp³-hybridized carbons (Fsp3) is 0.308. The van der Waals surface area contributed by atoms with Gasteiger partial charge < -0.3 is 0 Å². The highest BCUT2D eigenvalue weighted by atomic mass is 19.2. The van der Waals surface area contributed by atoms with E-state index in [9.17, 15) is 26.3 Å². The Hall–Kier alpha value is -2.94. The van der Waals surface area contributed by atoms with Crippen LogP contribution in [0.15, 0.2) is 30.3 Å². The van der Waals surface area contributed by atoms with Crippen molar-refractivity contribution in [2.75, 3.05) is 0 Å². The molecular formula is C26H20F6. The molecule has 0 atom stereocenters. The Morgan fingerprint density at radius 2 is 1.47 bits per heavy atom. The summed E-state index contributed by atoms with van der Waals surface area (Å²) in [6.07, 6.45) is 3.96. The molecule has 3 aromatic carbocycles. The van der Waals surface area contributed by atoms with Gasteiger partial charge in [-0.25, -0.2) is 26.3 Å². The molecule has 0 nitrogen and oxygen atoms in total. The van der Waals surface area contributed by atoms with Gasteiger partial charge in [0, 0.05) is 16.5 Å². The maximum atomic E-state index is 14.7. The van der Waals surface area contributed by atoms with Crippen LogP contribution in [-0.4, -0.2) is 0 Å². The lowest BCUT2D eigenvalue weighted by atomic mass is 9.77. The molecule has 0 radical (unpaired) electrons. The lowest BCUT2D eigenvalue weighted by Gasteiger charge is -2.28. The molecule has 1 fully saturated rings. The van der Waals surface area contributed by atoms with Gasteiger partial charge >= 0.3 is 0 Å². The minimum Gasteiger partial charge on any atom is -0.207 e. The van der Waals surface area contributed by atoms with Crippen molar-refractivity contribution in [3.05, 3.63) is 81.9 Å². The van der Waals surface area contributed by atoms with Crippen LogP contribution >= 0.6 is 0 Å². The Balaban J connectivity index is 1.66. The van der Waals surface area contributed by atoms with E-state index >= 15 is 0 Å². The smallest absolute Gasteiger partial charge is 0.195 e. The molecule has 0 amide bonds. The Morgan fingerprint density at radius 1 is 0.750 bits per heavy atom. The Kier molecular flexibility index (Phi) is 6.19. The molecule has 0 heterocycles. The molecule has 0 spiro atoms. The zero-order valence-electron chi connectivity index (χ0n) is 17.3. The molecule has 1 aliphatic rings. The van der Waals surface area contributed by atoms with Crippen molar-refractivity contribution in [2.45, 2.75) is 44.9 Å². The summed E-state index contributed by atoms with van der Waals surface area (Å²) in [5.41, 5.74) is -0.436. The van der Waals surface area contributed by atoms with E-state index in [1.807, 2.05) is 0 Å². The lowest BCUT2D eigenvalue weighted by Crippen LogP contribution is -2.16. The molecule has 4 rings (SSSR count). The second-order valence-corrected chi connectivity index (χ2v) is 8.25. The minimum atomic E-state index is -1.58. The quantitative estimate of drug-likeness (QED) is 0.163. The highest BCUT2D eigenvalue weighted by Crippen LogP contribution is 2.39. The molecule has 0 aromatic heterocycles. The molecule has 0 bridgehead atoms.